The number of phosphoric ester groups is 1. The smallest absolute Gasteiger partial charge is 0.469 e. The molecule has 7 N–H and O–H groups in total. The van der Waals surface area contributed by atoms with E-state index in [4.69, 9.17) is 24.0 Å². The second-order valence-electron chi connectivity index (χ2n) is 7.20. The number of imidazole rings is 1. The number of phenolic OH excluding ortho intramolecular Hbond substituents is 1. The zero-order chi connectivity index (χ0) is 24.5. The van der Waals surface area contributed by atoms with E-state index in [9.17, 15) is 19.9 Å². The molecule has 1 aromatic carbocycles. The number of aromatic hydroxyl groups is 1. The monoisotopic (exact) mass is 499 g/mol. The van der Waals surface area contributed by atoms with Gasteiger partial charge in [-0.15, -0.1) is 0 Å². The summed E-state index contributed by atoms with van der Waals surface area (Å²) in [5.74, 6) is 0.496. The number of aromatic amines is 1. The molecule has 4 atom stereocenters. The number of aliphatic hydroxyl groups excluding tert-OH is 2. The molecule has 15 nitrogen and oxygen atoms in total. The number of nitrogens with one attached hydrogen (secondary N) is 2. The number of nitrogens with zero attached hydrogens (tertiary/aromatic N) is 3. The van der Waals surface area contributed by atoms with Crippen molar-refractivity contribution >= 4 is 24.8 Å². The van der Waals surface area contributed by atoms with Crippen LogP contribution in [-0.2, 0) is 20.4 Å². The standard InChI is InChI=1S/C18H22N5O10P/c1-30-15-8(4-19-16-12-17(21-6-20-12)23-7-22-16)9(24)2-3-10(15)32-18-14(26)13(25)11(33-18)5-31-34(27,28)29/h2-3,6-7,11,13-14,18,24-26H,4-5H2,1H3,(H2,27,28,29)(H2,19,20,21,22,23)/t11-,13-,14-,18?/m1/s1. The van der Waals surface area contributed by atoms with Crippen LogP contribution in [0.25, 0.3) is 11.2 Å². The van der Waals surface area contributed by atoms with Crippen LogP contribution in [0.5, 0.6) is 17.2 Å². The quantitative estimate of drug-likeness (QED) is 0.186. The summed E-state index contributed by atoms with van der Waals surface area (Å²) in [5.41, 5.74) is 1.31. The van der Waals surface area contributed by atoms with E-state index in [2.05, 4.69) is 29.8 Å². The van der Waals surface area contributed by atoms with Crippen LogP contribution in [0, 0.1) is 0 Å². The van der Waals surface area contributed by atoms with Gasteiger partial charge in [-0.25, -0.2) is 19.5 Å². The van der Waals surface area contributed by atoms with Crippen LogP contribution in [0.3, 0.4) is 0 Å². The highest BCUT2D eigenvalue weighted by molar-refractivity contribution is 7.46. The lowest BCUT2D eigenvalue weighted by Crippen LogP contribution is -2.36. The maximum Gasteiger partial charge on any atom is 0.469 e. The molecule has 4 rings (SSSR count). The molecule has 1 aliphatic rings. The molecule has 3 aromatic rings. The van der Waals surface area contributed by atoms with E-state index in [1.807, 2.05) is 0 Å². The highest BCUT2D eigenvalue weighted by Crippen LogP contribution is 2.40. The van der Waals surface area contributed by atoms with Crippen LogP contribution in [0.1, 0.15) is 5.56 Å². The van der Waals surface area contributed by atoms with Crippen molar-refractivity contribution in [3.05, 3.63) is 30.4 Å². The lowest BCUT2D eigenvalue weighted by atomic mass is 10.1. The normalized spacial score (nSPS) is 22.7. The number of ether oxygens (including phenoxy) is 3. The number of anilines is 1. The average Bonchev–Trinajstić information content (AvgIpc) is 3.38. The van der Waals surface area contributed by atoms with E-state index in [-0.39, 0.29) is 23.8 Å². The molecule has 1 aliphatic heterocycles. The van der Waals surface area contributed by atoms with E-state index in [1.165, 1.54) is 31.9 Å². The summed E-state index contributed by atoms with van der Waals surface area (Å²) in [6, 6.07) is 2.71. The van der Waals surface area contributed by atoms with Crippen molar-refractivity contribution in [2.75, 3.05) is 19.0 Å². The first kappa shape index (κ1) is 24.1. The van der Waals surface area contributed by atoms with E-state index < -0.39 is 39.0 Å². The van der Waals surface area contributed by atoms with Crippen LogP contribution in [-0.4, -0.2) is 83.4 Å². The van der Waals surface area contributed by atoms with Crippen molar-refractivity contribution in [3.63, 3.8) is 0 Å². The first-order valence-electron chi connectivity index (χ1n) is 9.83. The molecule has 16 heteroatoms. The Morgan fingerprint density at radius 3 is 2.74 bits per heavy atom. The number of hydrogen-bond donors (Lipinski definition) is 7. The molecule has 0 saturated carbocycles. The van der Waals surface area contributed by atoms with Gasteiger partial charge in [-0.05, 0) is 12.1 Å². The van der Waals surface area contributed by atoms with Gasteiger partial charge < -0.3 is 49.6 Å². The molecule has 0 radical (unpaired) electrons. The van der Waals surface area contributed by atoms with E-state index in [1.54, 1.807) is 0 Å². The van der Waals surface area contributed by atoms with Crippen molar-refractivity contribution in [3.8, 4) is 17.2 Å². The Hall–Kier alpha value is -3.04. The fraction of sp³-hybridized carbons (Fsp3) is 0.389. The van der Waals surface area contributed by atoms with Crippen LogP contribution in [0.15, 0.2) is 24.8 Å². The predicted molar refractivity (Wildman–Crippen MR) is 113 cm³/mol. The minimum Gasteiger partial charge on any atom is -0.507 e. The van der Waals surface area contributed by atoms with Crippen molar-refractivity contribution in [1.29, 1.82) is 0 Å². The minimum absolute atomic E-state index is 0.0484. The van der Waals surface area contributed by atoms with Gasteiger partial charge in [-0.1, -0.05) is 0 Å². The molecule has 2 aromatic heterocycles. The van der Waals surface area contributed by atoms with Gasteiger partial charge in [0.05, 0.1) is 25.6 Å². The molecular formula is C18H22N5O10P. The number of methoxy groups -OCH3 is 1. The molecule has 1 unspecified atom stereocenters. The Morgan fingerprint density at radius 1 is 1.21 bits per heavy atom. The molecule has 34 heavy (non-hydrogen) atoms. The maximum absolute atomic E-state index is 10.9. The van der Waals surface area contributed by atoms with Crippen LogP contribution >= 0.6 is 7.82 Å². The Balaban J connectivity index is 1.51. The molecule has 0 amide bonds. The van der Waals surface area contributed by atoms with Crippen LogP contribution in [0.4, 0.5) is 5.82 Å². The second kappa shape index (κ2) is 9.68. The lowest BCUT2D eigenvalue weighted by Gasteiger charge is -2.21. The summed E-state index contributed by atoms with van der Waals surface area (Å²) in [7, 11) is -3.46. The summed E-state index contributed by atoms with van der Waals surface area (Å²) in [6.45, 7) is -0.627. The van der Waals surface area contributed by atoms with Crippen molar-refractivity contribution in [1.82, 2.24) is 19.9 Å². The summed E-state index contributed by atoms with van der Waals surface area (Å²) in [5, 5.41) is 33.8. The number of H-pyrrole nitrogens is 1. The van der Waals surface area contributed by atoms with Gasteiger partial charge in [0.25, 0.3) is 0 Å². The lowest BCUT2D eigenvalue weighted by molar-refractivity contribution is -0.116. The molecule has 3 heterocycles. The number of phenols is 1. The van der Waals surface area contributed by atoms with Gasteiger partial charge in [0, 0.05) is 6.54 Å². The maximum atomic E-state index is 10.9. The predicted octanol–water partition coefficient (Wildman–Crippen LogP) is -0.386. The third-order valence-corrected chi connectivity index (χ3v) is 5.51. The van der Waals surface area contributed by atoms with Crippen molar-refractivity contribution in [2.45, 2.75) is 31.1 Å². The fourth-order valence-electron chi connectivity index (χ4n) is 3.40. The Labute approximate surface area is 191 Å². The van der Waals surface area contributed by atoms with Gasteiger partial charge in [0.15, 0.2) is 23.0 Å². The fourth-order valence-corrected chi connectivity index (χ4v) is 3.74. The molecular weight excluding hydrogens is 477 g/mol. The molecule has 184 valence electrons. The highest BCUT2D eigenvalue weighted by atomic mass is 31.2. The first-order valence-corrected chi connectivity index (χ1v) is 11.4. The number of hydrogen-bond acceptors (Lipinski definition) is 12. The van der Waals surface area contributed by atoms with E-state index in [0.717, 1.165) is 0 Å². The largest absolute Gasteiger partial charge is 0.507 e. The summed E-state index contributed by atoms with van der Waals surface area (Å²) < 4.78 is 31.7. The zero-order valence-corrected chi connectivity index (χ0v) is 18.5. The number of rotatable bonds is 9. The van der Waals surface area contributed by atoms with Crippen LogP contribution in [0.2, 0.25) is 0 Å². The minimum atomic E-state index is -4.80. The summed E-state index contributed by atoms with van der Waals surface area (Å²) in [6.07, 6.45) is -2.96. The molecule has 0 spiro atoms. The third-order valence-electron chi connectivity index (χ3n) is 5.03. The van der Waals surface area contributed by atoms with E-state index in [0.29, 0.717) is 22.5 Å². The van der Waals surface area contributed by atoms with Gasteiger partial charge in [0.2, 0.25) is 6.29 Å². The SMILES string of the molecule is COc1c(OC2O[C@H](COP(=O)(O)O)[C@@H](O)[C@H]2O)ccc(O)c1CNc1ncnc2nc[nH]c12. The Bertz CT molecular complexity index is 1200. The zero-order valence-electron chi connectivity index (χ0n) is 17.6. The number of fused-ring (bicyclic) bond motifs is 1. The number of aromatic nitrogens is 4. The second-order valence-corrected chi connectivity index (χ2v) is 8.44. The summed E-state index contributed by atoms with van der Waals surface area (Å²) >= 11 is 0. The Morgan fingerprint density at radius 2 is 2.00 bits per heavy atom. The highest BCUT2D eigenvalue weighted by Gasteiger charge is 2.45. The van der Waals surface area contributed by atoms with Crippen LogP contribution < -0.4 is 14.8 Å². The first-order chi connectivity index (χ1) is 16.2. The van der Waals surface area contributed by atoms with Gasteiger partial charge in [-0.2, -0.15) is 0 Å². The summed E-state index contributed by atoms with van der Waals surface area (Å²) in [4.78, 5) is 32.8. The molecule has 0 bridgehead atoms. The molecule has 0 aliphatic carbocycles. The van der Waals surface area contributed by atoms with E-state index >= 15 is 0 Å². The molecule has 1 saturated heterocycles. The molecule has 1 fully saturated rings. The topological polar surface area (TPSA) is 222 Å². The number of benzene rings is 1. The average molecular weight is 499 g/mol. The van der Waals surface area contributed by atoms with Crippen molar-refractivity contribution in [2.24, 2.45) is 0 Å². The van der Waals surface area contributed by atoms with Crippen molar-refractivity contribution < 1.29 is 48.4 Å². The Kier molecular flexibility index (Phi) is 6.86. The van der Waals surface area contributed by atoms with Gasteiger partial charge >= 0.3 is 7.82 Å². The van der Waals surface area contributed by atoms with Gasteiger partial charge in [-0.3, -0.25) is 4.52 Å². The third kappa shape index (κ3) is 5.05. The van der Waals surface area contributed by atoms with Gasteiger partial charge in [0.1, 0.15) is 35.9 Å². The number of phosphoric acid groups is 1. The number of aliphatic hydroxyl groups is 2.